The molecule has 1 aliphatic heterocycles. The van der Waals surface area contributed by atoms with Gasteiger partial charge >= 0.3 is 0 Å². The fourth-order valence-corrected chi connectivity index (χ4v) is 2.66. The Bertz CT molecular complexity index is 444. The fourth-order valence-electron chi connectivity index (χ4n) is 2.66. The van der Waals surface area contributed by atoms with Crippen LogP contribution in [0, 0.1) is 6.92 Å². The van der Waals surface area contributed by atoms with Gasteiger partial charge in [-0.25, -0.2) is 0 Å². The lowest BCUT2D eigenvalue weighted by Gasteiger charge is -2.25. The Kier molecular flexibility index (Phi) is 5.15. The summed E-state index contributed by atoms with van der Waals surface area (Å²) in [5.41, 5.74) is 2.37. The van der Waals surface area contributed by atoms with Gasteiger partial charge in [0, 0.05) is 19.6 Å². The Balaban J connectivity index is 1.87. The van der Waals surface area contributed by atoms with Crippen molar-refractivity contribution in [2.75, 3.05) is 26.7 Å². The Morgan fingerprint density at radius 2 is 2.10 bits per heavy atom. The second-order valence-electron chi connectivity index (χ2n) is 5.68. The summed E-state index contributed by atoms with van der Waals surface area (Å²) in [6.45, 7) is 4.16. The number of hydrogen-bond acceptors (Lipinski definition) is 3. The summed E-state index contributed by atoms with van der Waals surface area (Å²) in [4.78, 5) is 16.1. The van der Waals surface area contributed by atoms with Crippen LogP contribution in [0.5, 0.6) is 0 Å². The average Bonchev–Trinajstić information content (AvgIpc) is 2.88. The number of aliphatic hydroxyl groups excluding tert-OH is 1. The minimum Gasteiger partial charge on any atom is -0.395 e. The lowest BCUT2D eigenvalue weighted by Crippen LogP contribution is -2.41. The zero-order chi connectivity index (χ0) is 14.5. The van der Waals surface area contributed by atoms with E-state index in [9.17, 15) is 9.90 Å². The van der Waals surface area contributed by atoms with Gasteiger partial charge in [0.1, 0.15) is 0 Å². The molecule has 2 rings (SSSR count). The van der Waals surface area contributed by atoms with Crippen molar-refractivity contribution in [2.45, 2.75) is 32.4 Å². The number of nitrogens with zero attached hydrogens (tertiary/aromatic N) is 2. The lowest BCUT2D eigenvalue weighted by molar-refractivity contribution is -0.132. The first-order valence-corrected chi connectivity index (χ1v) is 7.24. The fraction of sp³-hybridized carbons (Fsp3) is 0.562. The first-order valence-electron chi connectivity index (χ1n) is 7.24. The van der Waals surface area contributed by atoms with E-state index >= 15 is 0 Å². The maximum Gasteiger partial charge on any atom is 0.236 e. The van der Waals surface area contributed by atoms with Crippen LogP contribution in [-0.2, 0) is 11.3 Å². The molecule has 1 aromatic rings. The normalized spacial score (nSPS) is 19.2. The molecule has 0 unspecified atom stereocenters. The highest BCUT2D eigenvalue weighted by Gasteiger charge is 2.26. The van der Waals surface area contributed by atoms with Crippen LogP contribution in [0.25, 0.3) is 0 Å². The van der Waals surface area contributed by atoms with Gasteiger partial charge in [0.2, 0.25) is 5.91 Å². The minimum atomic E-state index is 0.117. The molecule has 20 heavy (non-hydrogen) atoms. The third-order valence-electron chi connectivity index (χ3n) is 4.01. The number of aliphatic hydroxyl groups is 1. The quantitative estimate of drug-likeness (QED) is 0.884. The molecule has 110 valence electrons. The third-order valence-corrected chi connectivity index (χ3v) is 4.01. The molecule has 4 heteroatoms. The second kappa shape index (κ2) is 6.86. The van der Waals surface area contributed by atoms with Gasteiger partial charge in [-0.15, -0.1) is 0 Å². The smallest absolute Gasteiger partial charge is 0.236 e. The van der Waals surface area contributed by atoms with Crippen molar-refractivity contribution in [2.24, 2.45) is 0 Å². The maximum absolute atomic E-state index is 12.2. The largest absolute Gasteiger partial charge is 0.395 e. The zero-order valence-corrected chi connectivity index (χ0v) is 12.4. The topological polar surface area (TPSA) is 43.8 Å². The van der Waals surface area contributed by atoms with Gasteiger partial charge in [-0.3, -0.25) is 9.69 Å². The van der Waals surface area contributed by atoms with Crippen LogP contribution in [0.1, 0.15) is 24.0 Å². The van der Waals surface area contributed by atoms with Crippen molar-refractivity contribution < 1.29 is 9.90 Å². The Morgan fingerprint density at radius 1 is 1.40 bits per heavy atom. The standard InChI is InChI=1S/C16H24N2O2/c1-13-5-7-14(8-6-13)10-17(2)16(20)11-18-9-3-4-15(18)12-19/h5-8,15,19H,3-4,9-12H2,1-2H3/t15-/m0/s1. The molecule has 1 amide bonds. The van der Waals surface area contributed by atoms with Crippen molar-refractivity contribution in [3.63, 3.8) is 0 Å². The summed E-state index contributed by atoms with van der Waals surface area (Å²) in [7, 11) is 1.84. The number of aryl methyl sites for hydroxylation is 1. The molecule has 0 aliphatic carbocycles. The molecule has 1 heterocycles. The molecule has 0 saturated carbocycles. The van der Waals surface area contributed by atoms with E-state index in [2.05, 4.69) is 36.1 Å². The molecule has 0 radical (unpaired) electrons. The van der Waals surface area contributed by atoms with Crippen LogP contribution in [0.15, 0.2) is 24.3 Å². The third kappa shape index (κ3) is 3.81. The molecular weight excluding hydrogens is 252 g/mol. The lowest BCUT2D eigenvalue weighted by atomic mass is 10.1. The van der Waals surface area contributed by atoms with Crippen molar-refractivity contribution in [1.82, 2.24) is 9.80 Å². The molecule has 0 aromatic heterocycles. The number of carbonyl (C=O) groups is 1. The Morgan fingerprint density at radius 3 is 2.75 bits per heavy atom. The number of carbonyl (C=O) groups excluding carboxylic acids is 1. The zero-order valence-electron chi connectivity index (χ0n) is 12.4. The summed E-state index contributed by atoms with van der Waals surface area (Å²) in [5.74, 6) is 0.117. The van der Waals surface area contributed by atoms with Gasteiger partial charge < -0.3 is 10.0 Å². The van der Waals surface area contributed by atoms with Crippen LogP contribution in [0.4, 0.5) is 0 Å². The highest BCUT2D eigenvalue weighted by Crippen LogP contribution is 2.16. The minimum absolute atomic E-state index is 0.117. The van der Waals surface area contributed by atoms with E-state index in [0.717, 1.165) is 24.9 Å². The van der Waals surface area contributed by atoms with Crippen molar-refractivity contribution in [3.05, 3.63) is 35.4 Å². The first kappa shape index (κ1) is 15.0. The number of amides is 1. The summed E-state index contributed by atoms with van der Waals surface area (Å²) < 4.78 is 0. The molecule has 1 fully saturated rings. The summed E-state index contributed by atoms with van der Waals surface area (Å²) in [5, 5.41) is 9.28. The number of likely N-dealkylation sites (tertiary alicyclic amines) is 1. The molecule has 1 aromatic carbocycles. The molecule has 1 saturated heterocycles. The summed E-state index contributed by atoms with van der Waals surface area (Å²) in [6, 6.07) is 8.41. The van der Waals surface area contributed by atoms with Crippen LogP contribution in [0.3, 0.4) is 0 Å². The molecular formula is C16H24N2O2. The van der Waals surface area contributed by atoms with E-state index in [1.807, 2.05) is 7.05 Å². The highest BCUT2D eigenvalue weighted by atomic mass is 16.3. The average molecular weight is 276 g/mol. The Labute approximate surface area is 121 Å². The van der Waals surface area contributed by atoms with Crippen molar-refractivity contribution in [3.8, 4) is 0 Å². The summed E-state index contributed by atoms with van der Waals surface area (Å²) >= 11 is 0. The predicted molar refractivity (Wildman–Crippen MR) is 79.3 cm³/mol. The van der Waals surface area contributed by atoms with Crippen molar-refractivity contribution in [1.29, 1.82) is 0 Å². The van der Waals surface area contributed by atoms with Crippen LogP contribution >= 0.6 is 0 Å². The number of hydrogen-bond donors (Lipinski definition) is 1. The van der Waals surface area contributed by atoms with Gasteiger partial charge in [0.05, 0.1) is 13.2 Å². The van der Waals surface area contributed by atoms with E-state index < -0.39 is 0 Å². The van der Waals surface area contributed by atoms with Gasteiger partial charge in [-0.2, -0.15) is 0 Å². The highest BCUT2D eigenvalue weighted by molar-refractivity contribution is 5.78. The van der Waals surface area contributed by atoms with Gasteiger partial charge in [0.15, 0.2) is 0 Å². The molecule has 1 N–H and O–H groups in total. The Hall–Kier alpha value is -1.39. The first-order chi connectivity index (χ1) is 9.60. The van der Waals surface area contributed by atoms with Crippen LogP contribution in [-0.4, -0.2) is 53.6 Å². The molecule has 1 aliphatic rings. The van der Waals surface area contributed by atoms with Crippen LogP contribution in [0.2, 0.25) is 0 Å². The molecule has 4 nitrogen and oxygen atoms in total. The predicted octanol–water partition coefficient (Wildman–Crippen LogP) is 1.41. The maximum atomic E-state index is 12.2. The second-order valence-corrected chi connectivity index (χ2v) is 5.68. The van der Waals surface area contributed by atoms with E-state index in [1.165, 1.54) is 5.56 Å². The number of likely N-dealkylation sites (N-methyl/N-ethyl adjacent to an activating group) is 1. The van der Waals surface area contributed by atoms with E-state index in [0.29, 0.717) is 13.1 Å². The van der Waals surface area contributed by atoms with E-state index in [4.69, 9.17) is 0 Å². The molecule has 0 bridgehead atoms. The van der Waals surface area contributed by atoms with E-state index in [1.54, 1.807) is 4.90 Å². The van der Waals surface area contributed by atoms with Gasteiger partial charge in [0.25, 0.3) is 0 Å². The van der Waals surface area contributed by atoms with Crippen LogP contribution < -0.4 is 0 Å². The summed E-state index contributed by atoms with van der Waals surface area (Å²) in [6.07, 6.45) is 2.06. The van der Waals surface area contributed by atoms with Crippen molar-refractivity contribution >= 4 is 5.91 Å². The van der Waals surface area contributed by atoms with E-state index in [-0.39, 0.29) is 18.6 Å². The number of rotatable bonds is 5. The number of benzene rings is 1. The SMILES string of the molecule is Cc1ccc(CN(C)C(=O)CN2CCC[C@H]2CO)cc1. The van der Waals surface area contributed by atoms with Gasteiger partial charge in [-0.05, 0) is 31.9 Å². The van der Waals surface area contributed by atoms with Gasteiger partial charge in [-0.1, -0.05) is 29.8 Å². The molecule has 0 spiro atoms. The molecule has 1 atom stereocenters. The monoisotopic (exact) mass is 276 g/mol.